The smallest absolute Gasteiger partial charge is 0.308 e. The summed E-state index contributed by atoms with van der Waals surface area (Å²) in [6, 6.07) is 4.63. The number of aliphatic carboxylic acids is 1. The van der Waals surface area contributed by atoms with Crippen molar-refractivity contribution < 1.29 is 27.5 Å². The predicted octanol–water partition coefficient (Wildman–Crippen LogP) is 1.55. The lowest BCUT2D eigenvalue weighted by molar-refractivity contribution is -0.147. The molecule has 2 fully saturated rings. The van der Waals surface area contributed by atoms with Crippen LogP contribution in [0.4, 0.5) is 4.39 Å². The minimum Gasteiger partial charge on any atom is -0.481 e. The molecule has 9 heteroatoms. The van der Waals surface area contributed by atoms with E-state index in [2.05, 4.69) is 0 Å². The largest absolute Gasteiger partial charge is 0.481 e. The Morgan fingerprint density at radius 2 is 1.63 bits per heavy atom. The summed E-state index contributed by atoms with van der Waals surface area (Å²) < 4.78 is 39.9. The zero-order valence-corrected chi connectivity index (χ0v) is 15.7. The van der Waals surface area contributed by atoms with Crippen molar-refractivity contribution in [3.8, 4) is 0 Å². The van der Waals surface area contributed by atoms with Crippen molar-refractivity contribution in [2.45, 2.75) is 30.6 Å². The van der Waals surface area contributed by atoms with Gasteiger partial charge in [-0.3, -0.25) is 9.59 Å². The van der Waals surface area contributed by atoms with Crippen LogP contribution in [0, 0.1) is 17.7 Å². The van der Waals surface area contributed by atoms with Gasteiger partial charge < -0.3 is 10.0 Å². The Morgan fingerprint density at radius 1 is 1.00 bits per heavy atom. The number of hydrogen-bond donors (Lipinski definition) is 1. The van der Waals surface area contributed by atoms with E-state index in [1.54, 1.807) is 4.90 Å². The standard InChI is InChI=1S/C18H23FN2O5S/c19-15-5-7-16(8-6-15)27(25,26)21-10-2-3-13(12-21)17(22)20-9-1-4-14(11-20)18(23)24/h5-8,13-14H,1-4,9-12H2,(H,23,24)/t13?,14-/m0/s1. The van der Waals surface area contributed by atoms with Crippen LogP contribution in [0.15, 0.2) is 29.2 Å². The third-order valence-corrected chi connectivity index (χ3v) is 7.15. The van der Waals surface area contributed by atoms with Crippen molar-refractivity contribution in [2.24, 2.45) is 11.8 Å². The lowest BCUT2D eigenvalue weighted by Crippen LogP contribution is -2.49. The van der Waals surface area contributed by atoms with E-state index in [1.807, 2.05) is 0 Å². The highest BCUT2D eigenvalue weighted by Crippen LogP contribution is 2.27. The summed E-state index contributed by atoms with van der Waals surface area (Å²) in [6.07, 6.45) is 2.30. The van der Waals surface area contributed by atoms with Gasteiger partial charge in [0.2, 0.25) is 15.9 Å². The number of halogens is 1. The van der Waals surface area contributed by atoms with Gasteiger partial charge in [0.05, 0.1) is 16.7 Å². The number of rotatable bonds is 4. The number of carbonyl (C=O) groups is 2. The Bertz CT molecular complexity index is 812. The first-order valence-corrected chi connectivity index (χ1v) is 10.5. The third kappa shape index (κ3) is 4.30. The Kier molecular flexibility index (Phi) is 5.81. The number of likely N-dealkylation sites (tertiary alicyclic amines) is 1. The summed E-state index contributed by atoms with van der Waals surface area (Å²) in [7, 11) is -3.80. The molecule has 0 spiro atoms. The number of piperidine rings is 2. The van der Waals surface area contributed by atoms with E-state index in [4.69, 9.17) is 0 Å². The van der Waals surface area contributed by atoms with Crippen molar-refractivity contribution >= 4 is 21.9 Å². The van der Waals surface area contributed by atoms with Gasteiger partial charge in [-0.1, -0.05) is 0 Å². The van der Waals surface area contributed by atoms with Gasteiger partial charge in [-0.05, 0) is 49.9 Å². The highest BCUT2D eigenvalue weighted by molar-refractivity contribution is 7.89. The van der Waals surface area contributed by atoms with Gasteiger partial charge in [0, 0.05) is 26.2 Å². The lowest BCUT2D eigenvalue weighted by atomic mass is 9.94. The van der Waals surface area contributed by atoms with Crippen molar-refractivity contribution in [1.29, 1.82) is 0 Å². The molecule has 0 radical (unpaired) electrons. The average molecular weight is 398 g/mol. The summed E-state index contributed by atoms with van der Waals surface area (Å²) in [5.41, 5.74) is 0. The molecule has 1 N–H and O–H groups in total. The zero-order chi connectivity index (χ0) is 19.6. The molecule has 1 unspecified atom stereocenters. The van der Waals surface area contributed by atoms with Crippen LogP contribution < -0.4 is 0 Å². The molecule has 2 aliphatic rings. The first-order chi connectivity index (χ1) is 12.8. The van der Waals surface area contributed by atoms with Crippen molar-refractivity contribution in [2.75, 3.05) is 26.2 Å². The fourth-order valence-corrected chi connectivity index (χ4v) is 5.28. The summed E-state index contributed by atoms with van der Waals surface area (Å²) in [6.45, 7) is 1.05. The summed E-state index contributed by atoms with van der Waals surface area (Å²) in [4.78, 5) is 25.6. The van der Waals surface area contributed by atoms with Crippen LogP contribution >= 0.6 is 0 Å². The molecule has 148 valence electrons. The van der Waals surface area contributed by atoms with Crippen LogP contribution in [0.25, 0.3) is 0 Å². The Morgan fingerprint density at radius 3 is 2.30 bits per heavy atom. The number of benzene rings is 1. The number of sulfonamides is 1. The maximum Gasteiger partial charge on any atom is 0.308 e. The van der Waals surface area contributed by atoms with Gasteiger partial charge in [0.15, 0.2) is 0 Å². The first-order valence-electron chi connectivity index (χ1n) is 9.06. The van der Waals surface area contributed by atoms with Gasteiger partial charge in [0.25, 0.3) is 0 Å². The van der Waals surface area contributed by atoms with Gasteiger partial charge in [-0.25, -0.2) is 12.8 Å². The number of nitrogens with zero attached hydrogens (tertiary/aromatic N) is 2. The zero-order valence-electron chi connectivity index (χ0n) is 14.9. The van der Waals surface area contributed by atoms with Crippen molar-refractivity contribution in [3.05, 3.63) is 30.1 Å². The molecule has 2 heterocycles. The molecule has 0 aromatic heterocycles. The molecule has 0 saturated carbocycles. The number of carboxylic acids is 1. The molecule has 2 aliphatic heterocycles. The summed E-state index contributed by atoms with van der Waals surface area (Å²) in [5.74, 6) is -2.65. The molecule has 0 bridgehead atoms. The van der Waals surface area contributed by atoms with E-state index in [0.717, 1.165) is 12.1 Å². The van der Waals surface area contributed by atoms with Crippen LogP contribution in [0.5, 0.6) is 0 Å². The number of amides is 1. The molecule has 1 aromatic rings. The van der Waals surface area contributed by atoms with Crippen LogP contribution in [-0.2, 0) is 19.6 Å². The third-order valence-electron chi connectivity index (χ3n) is 5.27. The second kappa shape index (κ2) is 7.93. The molecule has 0 aliphatic carbocycles. The van der Waals surface area contributed by atoms with E-state index in [-0.39, 0.29) is 23.9 Å². The quantitative estimate of drug-likeness (QED) is 0.830. The van der Waals surface area contributed by atoms with Crippen LogP contribution in [-0.4, -0.2) is 60.8 Å². The van der Waals surface area contributed by atoms with Crippen molar-refractivity contribution in [3.63, 3.8) is 0 Å². The van der Waals surface area contributed by atoms with Crippen LogP contribution in [0.1, 0.15) is 25.7 Å². The van der Waals surface area contributed by atoms with Gasteiger partial charge in [0.1, 0.15) is 5.82 Å². The maximum absolute atomic E-state index is 13.1. The second-order valence-electron chi connectivity index (χ2n) is 7.12. The van der Waals surface area contributed by atoms with E-state index < -0.39 is 33.6 Å². The molecular weight excluding hydrogens is 375 g/mol. The average Bonchev–Trinajstić information content (AvgIpc) is 2.68. The van der Waals surface area contributed by atoms with E-state index in [9.17, 15) is 27.5 Å². The molecule has 1 amide bonds. The van der Waals surface area contributed by atoms with Gasteiger partial charge in [-0.15, -0.1) is 0 Å². The number of hydrogen-bond acceptors (Lipinski definition) is 4. The normalized spacial score (nSPS) is 24.6. The lowest BCUT2D eigenvalue weighted by Gasteiger charge is -2.37. The molecular formula is C18H23FN2O5S. The summed E-state index contributed by atoms with van der Waals surface area (Å²) in [5, 5.41) is 9.19. The van der Waals surface area contributed by atoms with Gasteiger partial charge >= 0.3 is 5.97 Å². The Hall–Kier alpha value is -2.00. The SMILES string of the molecule is O=C(O)[C@H]1CCCN(C(=O)C2CCCN(S(=O)(=O)c3ccc(F)cc3)C2)C1. The van der Waals surface area contributed by atoms with E-state index >= 15 is 0 Å². The molecule has 27 heavy (non-hydrogen) atoms. The van der Waals surface area contributed by atoms with Gasteiger partial charge in [-0.2, -0.15) is 4.31 Å². The van der Waals surface area contributed by atoms with Crippen molar-refractivity contribution in [1.82, 2.24) is 9.21 Å². The van der Waals surface area contributed by atoms with E-state index in [1.165, 1.54) is 16.4 Å². The maximum atomic E-state index is 13.1. The monoisotopic (exact) mass is 398 g/mol. The minimum atomic E-state index is -3.80. The van der Waals surface area contributed by atoms with E-state index in [0.29, 0.717) is 38.8 Å². The molecule has 7 nitrogen and oxygen atoms in total. The first kappa shape index (κ1) is 19.8. The fourth-order valence-electron chi connectivity index (χ4n) is 3.76. The number of carboxylic acid groups (broad SMARTS) is 1. The molecule has 1 aromatic carbocycles. The van der Waals surface area contributed by atoms with Crippen LogP contribution in [0.3, 0.4) is 0 Å². The van der Waals surface area contributed by atoms with Crippen LogP contribution in [0.2, 0.25) is 0 Å². The molecule has 2 atom stereocenters. The highest BCUT2D eigenvalue weighted by Gasteiger charge is 2.37. The highest BCUT2D eigenvalue weighted by atomic mass is 32.2. The molecule has 2 saturated heterocycles. The Balaban J connectivity index is 1.71. The predicted molar refractivity (Wildman–Crippen MR) is 94.8 cm³/mol. The second-order valence-corrected chi connectivity index (χ2v) is 9.06. The minimum absolute atomic E-state index is 0.000845. The fraction of sp³-hybridized carbons (Fsp3) is 0.556. The Labute approximate surface area is 157 Å². The summed E-state index contributed by atoms with van der Waals surface area (Å²) >= 11 is 0. The molecule has 3 rings (SSSR count). The number of carbonyl (C=O) groups excluding carboxylic acids is 1. The topological polar surface area (TPSA) is 95.0 Å².